The fourth-order valence-electron chi connectivity index (χ4n) is 2.21. The second-order valence-electron chi connectivity index (χ2n) is 6.69. The van der Waals surface area contributed by atoms with E-state index in [4.69, 9.17) is 0 Å². The van der Waals surface area contributed by atoms with Crippen molar-refractivity contribution in [2.45, 2.75) is 32.0 Å². The van der Waals surface area contributed by atoms with Crippen LogP contribution in [0.3, 0.4) is 0 Å². The van der Waals surface area contributed by atoms with Crippen molar-refractivity contribution < 1.29 is 13.2 Å². The fraction of sp³-hybridized carbons (Fsp3) is 0.471. The minimum absolute atomic E-state index is 0.322. The van der Waals surface area contributed by atoms with Gasteiger partial charge in [0, 0.05) is 5.75 Å². The van der Waals surface area contributed by atoms with Gasteiger partial charge in [0.1, 0.15) is 6.54 Å². The summed E-state index contributed by atoms with van der Waals surface area (Å²) < 4.78 is 26.4. The van der Waals surface area contributed by atoms with Crippen LogP contribution in [0.15, 0.2) is 22.5 Å². The number of carbonyl (C=O) groups excluding carboxylic acids is 1. The molecule has 2 rings (SSSR count). The van der Waals surface area contributed by atoms with Gasteiger partial charge in [-0.3, -0.25) is 14.4 Å². The van der Waals surface area contributed by atoms with Gasteiger partial charge >= 0.3 is 0 Å². The van der Waals surface area contributed by atoms with Gasteiger partial charge in [-0.15, -0.1) is 10.2 Å². The minimum Gasteiger partial charge on any atom is -0.299 e. The van der Waals surface area contributed by atoms with E-state index in [-0.39, 0.29) is 6.54 Å². The smallest absolute Gasteiger partial charge is 0.246 e. The Morgan fingerprint density at radius 1 is 1.30 bits per heavy atom. The molecular formula is C17H24N4O3S3. The van der Waals surface area contributed by atoms with Crippen LogP contribution >= 0.6 is 23.1 Å². The Morgan fingerprint density at radius 3 is 2.63 bits per heavy atom. The van der Waals surface area contributed by atoms with Gasteiger partial charge in [0.2, 0.25) is 21.1 Å². The first kappa shape index (κ1) is 21.6. The Hall–Kier alpha value is -1.65. The van der Waals surface area contributed by atoms with Crippen LogP contribution in [-0.4, -0.2) is 43.1 Å². The first-order valence-electron chi connectivity index (χ1n) is 8.37. The zero-order chi connectivity index (χ0) is 20.2. The molecule has 7 nitrogen and oxygen atoms in total. The van der Waals surface area contributed by atoms with Gasteiger partial charge in [0.25, 0.3) is 0 Å². The summed E-state index contributed by atoms with van der Waals surface area (Å²) in [7, 11) is -3.62. The van der Waals surface area contributed by atoms with E-state index in [9.17, 15) is 13.2 Å². The molecule has 2 aromatic rings. The lowest BCUT2D eigenvalue weighted by Crippen LogP contribution is -2.37. The lowest BCUT2D eigenvalue weighted by molar-refractivity contribution is -0.114. The maximum atomic E-state index is 12.4. The van der Waals surface area contributed by atoms with Crippen LogP contribution in [0.1, 0.15) is 25.0 Å². The van der Waals surface area contributed by atoms with Crippen molar-refractivity contribution in [1.82, 2.24) is 10.2 Å². The summed E-state index contributed by atoms with van der Waals surface area (Å²) in [4.78, 5) is 12.4. The van der Waals surface area contributed by atoms with E-state index < -0.39 is 15.9 Å². The maximum Gasteiger partial charge on any atom is 0.246 e. The zero-order valence-corrected chi connectivity index (χ0v) is 18.5. The van der Waals surface area contributed by atoms with Crippen LogP contribution in [0.5, 0.6) is 0 Å². The second-order valence-corrected chi connectivity index (χ2v) is 10.8. The predicted octanol–water partition coefficient (Wildman–Crippen LogP) is 3.31. The third-order valence-electron chi connectivity index (χ3n) is 3.51. The summed E-state index contributed by atoms with van der Waals surface area (Å²) in [5.74, 6) is 0.979. The summed E-state index contributed by atoms with van der Waals surface area (Å²) in [5, 5.41) is 11.0. The molecule has 10 heteroatoms. The van der Waals surface area contributed by atoms with Crippen molar-refractivity contribution in [1.29, 1.82) is 0 Å². The average Bonchev–Trinajstić information content (AvgIpc) is 2.99. The normalized spacial score (nSPS) is 11.6. The number of thioether (sulfide) groups is 1. The molecule has 0 atom stereocenters. The number of sulfonamides is 1. The second kappa shape index (κ2) is 9.03. The molecule has 0 radical (unpaired) electrons. The lowest BCUT2D eigenvalue weighted by atomic mass is 10.1. The Labute approximate surface area is 168 Å². The van der Waals surface area contributed by atoms with Crippen molar-refractivity contribution in [3.05, 3.63) is 29.3 Å². The molecule has 27 heavy (non-hydrogen) atoms. The summed E-state index contributed by atoms with van der Waals surface area (Å²) in [6.45, 7) is 7.60. The molecule has 1 aromatic carbocycles. The van der Waals surface area contributed by atoms with Crippen molar-refractivity contribution in [2.24, 2.45) is 5.92 Å². The number of amides is 1. The predicted molar refractivity (Wildman–Crippen MR) is 112 cm³/mol. The minimum atomic E-state index is -3.62. The van der Waals surface area contributed by atoms with Gasteiger partial charge < -0.3 is 0 Å². The number of nitrogens with one attached hydrogen (secondary N) is 1. The molecule has 148 valence electrons. The van der Waals surface area contributed by atoms with Gasteiger partial charge in [-0.1, -0.05) is 49.1 Å². The molecule has 1 N–H and O–H groups in total. The molecule has 0 unspecified atom stereocenters. The average molecular weight is 429 g/mol. The quantitative estimate of drug-likeness (QED) is 0.512. The number of hydrogen-bond donors (Lipinski definition) is 1. The largest absolute Gasteiger partial charge is 0.299 e. The molecule has 0 aliphatic heterocycles. The summed E-state index contributed by atoms with van der Waals surface area (Å²) in [5.41, 5.74) is 2.20. The van der Waals surface area contributed by atoms with Crippen molar-refractivity contribution >= 4 is 49.8 Å². The molecule has 1 heterocycles. The Morgan fingerprint density at radius 2 is 2.00 bits per heavy atom. The van der Waals surface area contributed by atoms with E-state index in [1.165, 1.54) is 11.3 Å². The van der Waals surface area contributed by atoms with E-state index in [1.807, 2.05) is 26.0 Å². The highest BCUT2D eigenvalue weighted by Gasteiger charge is 2.23. The Balaban J connectivity index is 2.12. The number of benzene rings is 1. The molecule has 0 bridgehead atoms. The third-order valence-corrected chi connectivity index (χ3v) is 7.04. The number of aromatic nitrogens is 2. The summed E-state index contributed by atoms with van der Waals surface area (Å²) in [6.07, 6.45) is 1.09. The highest BCUT2D eigenvalue weighted by molar-refractivity contribution is 8.01. The van der Waals surface area contributed by atoms with Crippen LogP contribution < -0.4 is 9.62 Å². The molecule has 0 fully saturated rings. The molecule has 0 saturated carbocycles. The van der Waals surface area contributed by atoms with Gasteiger partial charge in [0.15, 0.2) is 4.34 Å². The molecule has 0 saturated heterocycles. The maximum absolute atomic E-state index is 12.4. The molecule has 0 aliphatic carbocycles. The SMILES string of the molecule is Cc1ccc(C)c(N(CC(=O)Nc2nnc(SCC(C)C)s2)S(C)(=O)=O)c1. The number of aryl methyl sites for hydroxylation is 2. The molecular weight excluding hydrogens is 404 g/mol. The van der Waals surface area contributed by atoms with Crippen LogP contribution in [0.2, 0.25) is 0 Å². The van der Waals surface area contributed by atoms with E-state index in [0.717, 1.165) is 31.8 Å². The van der Waals surface area contributed by atoms with E-state index in [1.54, 1.807) is 17.8 Å². The monoisotopic (exact) mass is 428 g/mol. The van der Waals surface area contributed by atoms with E-state index in [2.05, 4.69) is 29.4 Å². The van der Waals surface area contributed by atoms with Gasteiger partial charge in [-0.2, -0.15) is 0 Å². The third kappa shape index (κ3) is 6.47. The number of rotatable bonds is 8. The van der Waals surface area contributed by atoms with E-state index >= 15 is 0 Å². The number of carbonyl (C=O) groups is 1. The lowest BCUT2D eigenvalue weighted by Gasteiger charge is -2.23. The van der Waals surface area contributed by atoms with Crippen LogP contribution in [0.25, 0.3) is 0 Å². The van der Waals surface area contributed by atoms with Gasteiger partial charge in [-0.25, -0.2) is 8.42 Å². The van der Waals surface area contributed by atoms with E-state index in [0.29, 0.717) is 16.7 Å². The first-order chi connectivity index (χ1) is 12.6. The highest BCUT2D eigenvalue weighted by Crippen LogP contribution is 2.27. The summed E-state index contributed by atoms with van der Waals surface area (Å²) >= 11 is 2.86. The van der Waals surface area contributed by atoms with Crippen molar-refractivity contribution in [3.63, 3.8) is 0 Å². The topological polar surface area (TPSA) is 92.3 Å². The van der Waals surface area contributed by atoms with Crippen LogP contribution in [-0.2, 0) is 14.8 Å². The number of hydrogen-bond acceptors (Lipinski definition) is 7. The number of anilines is 2. The van der Waals surface area contributed by atoms with Crippen molar-refractivity contribution in [2.75, 3.05) is 28.2 Å². The fourth-order valence-corrected chi connectivity index (χ4v) is 4.87. The van der Waals surface area contributed by atoms with Crippen LogP contribution in [0.4, 0.5) is 10.8 Å². The summed E-state index contributed by atoms with van der Waals surface area (Å²) in [6, 6.07) is 5.50. The molecule has 0 spiro atoms. The Kier molecular flexibility index (Phi) is 7.24. The standard InChI is InChI=1S/C17H24N4O3S3/c1-11(2)10-25-17-20-19-16(26-17)18-15(22)9-21(27(5,23)24)14-8-12(3)6-7-13(14)4/h6-8,11H,9-10H2,1-5H3,(H,18,19,22). The molecule has 0 aliphatic rings. The molecule has 1 aromatic heterocycles. The Bertz CT molecular complexity index is 910. The van der Waals surface area contributed by atoms with Crippen molar-refractivity contribution in [3.8, 4) is 0 Å². The number of nitrogens with zero attached hydrogens (tertiary/aromatic N) is 3. The first-order valence-corrected chi connectivity index (χ1v) is 12.0. The zero-order valence-electron chi connectivity index (χ0n) is 16.0. The van der Waals surface area contributed by atoms with Gasteiger partial charge in [0.05, 0.1) is 11.9 Å². The van der Waals surface area contributed by atoms with Crippen LogP contribution in [0, 0.1) is 19.8 Å². The van der Waals surface area contributed by atoms with Gasteiger partial charge in [-0.05, 0) is 37.0 Å². The highest BCUT2D eigenvalue weighted by atomic mass is 32.2. The molecule has 1 amide bonds.